The first-order valence-electron chi connectivity index (χ1n) is 14.8. The van der Waals surface area contributed by atoms with Crippen LogP contribution in [0.1, 0.15) is 51.0 Å². The number of hydrogen-bond donors (Lipinski definition) is 1. The number of unbranched alkanes of at least 4 members (excludes halogenated alkanes) is 2. The number of terminal acetylenes is 1. The van der Waals surface area contributed by atoms with Crippen molar-refractivity contribution in [1.82, 2.24) is 19.9 Å². The standard InChI is InChI=1S/C32H32F3N7OS/c1-3-5-6-7-12-41(4-2)30-22-16-38-26(20-9-10-23(34)28-24(20)21(15-36)29(37)44-28)25(35)27(22)39-31(40-30)43-18-32-11-8-13-42(32)17-19(33)14-32/h1,9-10,16,19H,4-8,11-14,17-18,37H2,2H3/t19-,32+/m0/s1. The van der Waals surface area contributed by atoms with E-state index in [9.17, 15) is 14.0 Å². The minimum Gasteiger partial charge on any atom is -0.461 e. The van der Waals surface area contributed by atoms with Crippen LogP contribution in [0.3, 0.4) is 0 Å². The molecule has 6 rings (SSSR count). The number of halogens is 3. The number of nitriles is 1. The van der Waals surface area contributed by atoms with Gasteiger partial charge in [-0.25, -0.2) is 13.2 Å². The Bertz CT molecular complexity index is 1820. The second kappa shape index (κ2) is 12.1. The molecule has 12 heteroatoms. The van der Waals surface area contributed by atoms with Crippen molar-refractivity contribution in [3.63, 3.8) is 0 Å². The molecule has 5 heterocycles. The molecule has 4 aromatic rings. The lowest BCUT2D eigenvalue weighted by Crippen LogP contribution is -2.43. The molecule has 2 N–H and O–H groups in total. The first-order valence-corrected chi connectivity index (χ1v) is 15.6. The van der Waals surface area contributed by atoms with Gasteiger partial charge in [0.25, 0.3) is 0 Å². The van der Waals surface area contributed by atoms with Crippen LogP contribution >= 0.6 is 11.3 Å². The number of alkyl halides is 1. The smallest absolute Gasteiger partial charge is 0.319 e. The minimum atomic E-state index is -0.923. The molecule has 8 nitrogen and oxygen atoms in total. The van der Waals surface area contributed by atoms with E-state index >= 15 is 4.39 Å². The van der Waals surface area contributed by atoms with Gasteiger partial charge in [-0.2, -0.15) is 15.2 Å². The molecule has 3 aromatic heterocycles. The molecule has 0 saturated carbocycles. The Balaban J connectivity index is 1.47. The van der Waals surface area contributed by atoms with Gasteiger partial charge < -0.3 is 15.4 Å². The number of pyridine rings is 1. The molecule has 0 radical (unpaired) electrons. The highest BCUT2D eigenvalue weighted by atomic mass is 32.1. The highest BCUT2D eigenvalue weighted by molar-refractivity contribution is 7.23. The number of fused-ring (bicyclic) bond motifs is 3. The van der Waals surface area contributed by atoms with Crippen molar-refractivity contribution >= 4 is 43.1 Å². The fourth-order valence-corrected chi connectivity index (χ4v) is 7.55. The summed E-state index contributed by atoms with van der Waals surface area (Å²) in [6.07, 6.45) is 10.4. The zero-order valence-electron chi connectivity index (χ0n) is 24.4. The largest absolute Gasteiger partial charge is 0.461 e. The SMILES string of the molecule is C#CCCCCN(CC)c1nc(OC[C@]23CCCN2C[C@@H](F)C3)nc2c(F)c(-c3ccc(F)c4sc(N)c(C#N)c34)ncc12. The van der Waals surface area contributed by atoms with Crippen molar-refractivity contribution < 1.29 is 17.9 Å². The second-order valence-electron chi connectivity index (χ2n) is 11.4. The van der Waals surface area contributed by atoms with Crippen molar-refractivity contribution in [3.8, 4) is 35.7 Å². The Morgan fingerprint density at radius 2 is 2.14 bits per heavy atom. The molecule has 0 unspecified atom stereocenters. The Hall–Kier alpha value is -4.13. The third kappa shape index (κ3) is 5.16. The van der Waals surface area contributed by atoms with Crippen molar-refractivity contribution in [2.75, 3.05) is 43.4 Å². The fraction of sp³-hybridized carbons (Fsp3) is 0.438. The van der Waals surface area contributed by atoms with Crippen LogP contribution in [-0.4, -0.2) is 64.3 Å². The van der Waals surface area contributed by atoms with Crippen molar-refractivity contribution in [1.29, 1.82) is 5.26 Å². The molecule has 2 atom stereocenters. The normalized spacial score (nSPS) is 19.7. The van der Waals surface area contributed by atoms with Crippen LogP contribution in [0.25, 0.3) is 32.2 Å². The molecule has 0 spiro atoms. The monoisotopic (exact) mass is 619 g/mol. The molecule has 1 aromatic carbocycles. The van der Waals surface area contributed by atoms with E-state index in [0.717, 1.165) is 43.6 Å². The van der Waals surface area contributed by atoms with E-state index in [-0.39, 0.29) is 50.0 Å². The quantitative estimate of drug-likeness (QED) is 0.165. The van der Waals surface area contributed by atoms with E-state index in [0.29, 0.717) is 43.7 Å². The number of anilines is 2. The predicted molar refractivity (Wildman–Crippen MR) is 166 cm³/mol. The minimum absolute atomic E-state index is 0.0177. The molecule has 44 heavy (non-hydrogen) atoms. The predicted octanol–water partition coefficient (Wildman–Crippen LogP) is 6.22. The van der Waals surface area contributed by atoms with Gasteiger partial charge >= 0.3 is 6.01 Å². The van der Waals surface area contributed by atoms with Gasteiger partial charge in [0.15, 0.2) is 5.82 Å². The van der Waals surface area contributed by atoms with Crippen LogP contribution < -0.4 is 15.4 Å². The topological polar surface area (TPSA) is 104 Å². The third-order valence-corrected chi connectivity index (χ3v) is 9.77. The van der Waals surface area contributed by atoms with E-state index < -0.39 is 23.3 Å². The molecule has 0 aliphatic carbocycles. The maximum absolute atomic E-state index is 16.6. The van der Waals surface area contributed by atoms with Crippen LogP contribution in [-0.2, 0) is 0 Å². The number of benzene rings is 1. The average Bonchev–Trinajstić information content (AvgIpc) is 3.66. The second-order valence-corrected chi connectivity index (χ2v) is 12.4. The van der Waals surface area contributed by atoms with E-state index in [1.165, 1.54) is 18.3 Å². The number of nitrogens with zero attached hydrogens (tertiary/aromatic N) is 6. The number of thiophene rings is 1. The number of aromatic nitrogens is 3. The highest BCUT2D eigenvalue weighted by Gasteiger charge is 2.49. The number of nitrogens with two attached hydrogens (primary N) is 1. The van der Waals surface area contributed by atoms with Gasteiger partial charge in [0.2, 0.25) is 0 Å². The summed E-state index contributed by atoms with van der Waals surface area (Å²) >= 11 is 0.932. The van der Waals surface area contributed by atoms with Crippen molar-refractivity contribution in [2.24, 2.45) is 0 Å². The zero-order chi connectivity index (χ0) is 31.0. The van der Waals surface area contributed by atoms with Crippen molar-refractivity contribution in [3.05, 3.63) is 35.5 Å². The summed E-state index contributed by atoms with van der Waals surface area (Å²) in [6.45, 7) is 4.54. The zero-order valence-corrected chi connectivity index (χ0v) is 25.2. The highest BCUT2D eigenvalue weighted by Crippen LogP contribution is 2.43. The lowest BCUT2D eigenvalue weighted by Gasteiger charge is -2.31. The molecule has 2 aliphatic rings. The molecule has 0 amide bonds. The summed E-state index contributed by atoms with van der Waals surface area (Å²) in [6, 6.07) is 4.61. The van der Waals surface area contributed by atoms with E-state index in [4.69, 9.17) is 21.9 Å². The number of ether oxygens (including phenoxy) is 1. The Morgan fingerprint density at radius 3 is 2.91 bits per heavy atom. The van der Waals surface area contributed by atoms with Gasteiger partial charge in [0.05, 0.1) is 21.2 Å². The van der Waals surface area contributed by atoms with Crippen LogP contribution in [0.5, 0.6) is 6.01 Å². The van der Waals surface area contributed by atoms with E-state index in [1.54, 1.807) is 0 Å². The third-order valence-electron chi connectivity index (χ3n) is 8.74. The summed E-state index contributed by atoms with van der Waals surface area (Å²) in [5.41, 5.74) is 5.77. The summed E-state index contributed by atoms with van der Waals surface area (Å²) in [7, 11) is 0. The molecule has 228 valence electrons. The van der Waals surface area contributed by atoms with Crippen LogP contribution in [0.15, 0.2) is 18.3 Å². The lowest BCUT2D eigenvalue weighted by atomic mass is 9.95. The summed E-state index contributed by atoms with van der Waals surface area (Å²) in [5.74, 6) is 1.80. The van der Waals surface area contributed by atoms with Crippen LogP contribution in [0.4, 0.5) is 24.0 Å². The summed E-state index contributed by atoms with van der Waals surface area (Å²) in [4.78, 5) is 17.8. The van der Waals surface area contributed by atoms with Gasteiger partial charge in [-0.3, -0.25) is 9.88 Å². The van der Waals surface area contributed by atoms with Gasteiger partial charge in [-0.1, -0.05) is 0 Å². The van der Waals surface area contributed by atoms with Gasteiger partial charge in [0, 0.05) is 49.6 Å². The van der Waals surface area contributed by atoms with Gasteiger partial charge in [0.1, 0.15) is 46.7 Å². The van der Waals surface area contributed by atoms with Crippen molar-refractivity contribution in [2.45, 2.75) is 57.2 Å². The summed E-state index contributed by atoms with van der Waals surface area (Å²) < 4.78 is 52.1. The molecule has 2 fully saturated rings. The maximum Gasteiger partial charge on any atom is 0.319 e. The number of rotatable bonds is 10. The van der Waals surface area contributed by atoms with Gasteiger partial charge in [-0.15, -0.1) is 23.7 Å². The number of hydrogen-bond acceptors (Lipinski definition) is 9. The lowest BCUT2D eigenvalue weighted by molar-refractivity contribution is 0.107. The summed E-state index contributed by atoms with van der Waals surface area (Å²) in [5, 5.41) is 10.5. The Labute approximate surface area is 257 Å². The van der Waals surface area contributed by atoms with E-state index in [1.807, 2.05) is 17.9 Å². The van der Waals surface area contributed by atoms with Crippen LogP contribution in [0, 0.1) is 35.3 Å². The number of nitrogen functional groups attached to an aromatic ring is 1. The molecule has 2 saturated heterocycles. The first kappa shape index (κ1) is 29.9. The Kier molecular flexibility index (Phi) is 8.23. The average molecular weight is 620 g/mol. The first-order chi connectivity index (χ1) is 21.3. The van der Waals surface area contributed by atoms with Crippen LogP contribution in [0.2, 0.25) is 0 Å². The molecular formula is C32H32F3N7OS. The molecule has 2 aliphatic heterocycles. The maximum atomic E-state index is 16.6. The Morgan fingerprint density at radius 1 is 1.30 bits per heavy atom. The fourth-order valence-electron chi connectivity index (χ4n) is 6.60. The van der Waals surface area contributed by atoms with Gasteiger partial charge in [-0.05, 0) is 51.3 Å². The molecular weight excluding hydrogens is 587 g/mol. The molecule has 0 bridgehead atoms. The van der Waals surface area contributed by atoms with E-state index in [2.05, 4.69) is 20.8 Å².